The van der Waals surface area contributed by atoms with Crippen molar-refractivity contribution in [1.29, 1.82) is 0 Å². The zero-order valence-corrected chi connectivity index (χ0v) is 20.1. The molecule has 0 bridgehead atoms. The minimum Gasteiger partial charge on any atom is -0.497 e. The zero-order chi connectivity index (χ0) is 28.8. The summed E-state index contributed by atoms with van der Waals surface area (Å²) in [6, 6.07) is 10.7. The lowest BCUT2D eigenvalue weighted by atomic mass is 10.1. The number of hydrogen-bond acceptors (Lipinski definition) is 9. The lowest BCUT2D eigenvalue weighted by Gasteiger charge is -2.25. The van der Waals surface area contributed by atoms with Crippen LogP contribution in [0.4, 0.5) is 10.3 Å². The highest BCUT2D eigenvalue weighted by Gasteiger charge is 2.20. The van der Waals surface area contributed by atoms with Crippen molar-refractivity contribution in [3.63, 3.8) is 0 Å². The van der Waals surface area contributed by atoms with Crippen LogP contribution in [0, 0.1) is 0 Å². The number of anilines is 1. The molecule has 0 spiro atoms. The fourth-order valence-electron chi connectivity index (χ4n) is 3.36. The van der Waals surface area contributed by atoms with E-state index in [0.29, 0.717) is 23.0 Å². The molecule has 0 saturated carbocycles. The Bertz CT molecular complexity index is 1220. The molecule has 0 aliphatic carbocycles. The molecule has 0 aliphatic rings. The van der Waals surface area contributed by atoms with Crippen LogP contribution in [0.5, 0.6) is 34.6 Å². The van der Waals surface area contributed by atoms with E-state index in [2.05, 4.69) is 9.97 Å². The summed E-state index contributed by atoms with van der Waals surface area (Å²) >= 11 is 0. The molecular weight excluding hydrogens is 457 g/mol. The van der Waals surface area contributed by atoms with E-state index in [1.54, 1.807) is 43.4 Å². The van der Waals surface area contributed by atoms with Crippen LogP contribution in [0.2, 0.25) is 0 Å². The van der Waals surface area contributed by atoms with Gasteiger partial charge in [-0.05, 0) is 24.3 Å². The monoisotopic (exact) mass is 491 g/mol. The van der Waals surface area contributed by atoms with Crippen LogP contribution >= 0.6 is 0 Å². The molecule has 0 amide bonds. The van der Waals surface area contributed by atoms with Gasteiger partial charge in [0.25, 0.3) is 5.88 Å². The molecule has 9 nitrogen and oxygen atoms in total. The highest BCUT2D eigenvalue weighted by atomic mass is 19.1. The van der Waals surface area contributed by atoms with Crippen LogP contribution < -0.4 is 33.3 Å². The molecule has 35 heavy (non-hydrogen) atoms. The van der Waals surface area contributed by atoms with Crippen LogP contribution in [0.25, 0.3) is 0 Å². The smallest absolute Gasteiger partial charge is 0.261 e. The standard InChI is InChI=1S/C25H30FN3O6/c1-30-19-8-6-17(21(12-19)32-3)15-29(16-18-7-9-20(31-2)13-22(18)33-4)25-27-14-23(35-11-10-26)24(28-25)34-5/h6-9,12-14H,10-11,15-16H2,1-5H3/i10D2,11D2. The average Bonchev–Trinajstić information content (AvgIpc) is 2.92. The van der Waals surface area contributed by atoms with E-state index in [9.17, 15) is 4.39 Å². The fourth-order valence-corrected chi connectivity index (χ4v) is 3.36. The average molecular weight is 492 g/mol. The minimum atomic E-state index is -3.79. The Morgan fingerprint density at radius 3 is 1.83 bits per heavy atom. The third-order valence-corrected chi connectivity index (χ3v) is 5.10. The first-order chi connectivity index (χ1) is 18.5. The van der Waals surface area contributed by atoms with Crippen molar-refractivity contribution in [3.8, 4) is 34.6 Å². The van der Waals surface area contributed by atoms with Crippen molar-refractivity contribution >= 4 is 5.95 Å². The molecule has 1 aromatic heterocycles. The van der Waals surface area contributed by atoms with Crippen molar-refractivity contribution in [1.82, 2.24) is 9.97 Å². The molecule has 3 aromatic rings. The maximum absolute atomic E-state index is 13.7. The third kappa shape index (κ3) is 6.34. The van der Waals surface area contributed by atoms with Gasteiger partial charge in [-0.1, -0.05) is 0 Å². The SMILES string of the molecule is [2H]C([2H])(F)C([2H])([2H])Oc1cnc(N(Cc2ccc(OC)cc2OC)Cc2ccc(OC)cc2OC)nc1OC. The lowest BCUT2D eigenvalue weighted by molar-refractivity contribution is 0.255. The van der Waals surface area contributed by atoms with E-state index >= 15 is 0 Å². The summed E-state index contributed by atoms with van der Waals surface area (Å²) in [6.45, 7) is -6.62. The zero-order valence-electron chi connectivity index (χ0n) is 24.1. The van der Waals surface area contributed by atoms with Gasteiger partial charge in [-0.15, -0.1) is 0 Å². The Morgan fingerprint density at radius 1 is 0.800 bits per heavy atom. The highest BCUT2D eigenvalue weighted by molar-refractivity contribution is 5.48. The lowest BCUT2D eigenvalue weighted by Crippen LogP contribution is -2.25. The molecule has 3 rings (SSSR count). The van der Waals surface area contributed by atoms with E-state index < -0.39 is 13.2 Å². The highest BCUT2D eigenvalue weighted by Crippen LogP contribution is 2.32. The largest absolute Gasteiger partial charge is 0.497 e. The van der Waals surface area contributed by atoms with E-state index in [-0.39, 0.29) is 30.7 Å². The Kier molecular flexibility index (Phi) is 7.29. The first-order valence-corrected chi connectivity index (χ1v) is 10.4. The summed E-state index contributed by atoms with van der Waals surface area (Å²) < 4.78 is 75.0. The Hall–Kier alpha value is -3.95. The Labute approximate surface area is 209 Å². The minimum absolute atomic E-state index is 0.152. The molecule has 188 valence electrons. The van der Waals surface area contributed by atoms with Crippen LogP contribution in [0.1, 0.15) is 16.6 Å². The summed E-state index contributed by atoms with van der Waals surface area (Å²) in [4.78, 5) is 10.4. The van der Waals surface area contributed by atoms with Crippen molar-refractivity contribution in [2.24, 2.45) is 0 Å². The number of aromatic nitrogens is 2. The number of methoxy groups -OCH3 is 5. The van der Waals surface area contributed by atoms with E-state index in [1.165, 1.54) is 21.3 Å². The number of nitrogens with zero attached hydrogens (tertiary/aromatic N) is 3. The maximum atomic E-state index is 13.7. The van der Waals surface area contributed by atoms with Gasteiger partial charge in [-0.3, -0.25) is 0 Å². The number of benzene rings is 2. The molecule has 0 saturated heterocycles. The number of hydrogen-bond donors (Lipinski definition) is 0. The van der Waals surface area contributed by atoms with Crippen LogP contribution in [0.3, 0.4) is 0 Å². The second-order valence-electron chi connectivity index (χ2n) is 7.05. The quantitative estimate of drug-likeness (QED) is 0.351. The summed E-state index contributed by atoms with van der Waals surface area (Å²) in [6.07, 6.45) is 1.09. The van der Waals surface area contributed by atoms with Gasteiger partial charge < -0.3 is 33.3 Å². The molecule has 2 aromatic carbocycles. The summed E-state index contributed by atoms with van der Waals surface area (Å²) in [7, 11) is 7.45. The van der Waals surface area contributed by atoms with Crippen LogP contribution in [0.15, 0.2) is 42.6 Å². The van der Waals surface area contributed by atoms with Gasteiger partial charge in [-0.25, -0.2) is 9.37 Å². The number of alkyl halides is 1. The van der Waals surface area contributed by atoms with Crippen molar-refractivity contribution in [2.45, 2.75) is 13.1 Å². The van der Waals surface area contributed by atoms with Crippen LogP contribution in [-0.2, 0) is 13.1 Å². The second-order valence-corrected chi connectivity index (χ2v) is 7.05. The van der Waals surface area contributed by atoms with Gasteiger partial charge in [0.2, 0.25) is 5.95 Å². The van der Waals surface area contributed by atoms with Gasteiger partial charge in [0.15, 0.2) is 5.75 Å². The summed E-state index contributed by atoms with van der Waals surface area (Å²) in [5.74, 6) is 1.90. The molecule has 0 atom stereocenters. The van der Waals surface area contributed by atoms with Crippen molar-refractivity contribution in [2.75, 3.05) is 53.6 Å². The molecular formula is C25H30FN3O6. The molecule has 0 fully saturated rings. The molecule has 0 aliphatic heterocycles. The third-order valence-electron chi connectivity index (χ3n) is 5.10. The molecule has 0 radical (unpaired) electrons. The van der Waals surface area contributed by atoms with Gasteiger partial charge in [0.1, 0.15) is 36.2 Å². The molecule has 1 heterocycles. The van der Waals surface area contributed by atoms with E-state index in [4.69, 9.17) is 33.9 Å². The Morgan fingerprint density at radius 2 is 1.37 bits per heavy atom. The van der Waals surface area contributed by atoms with Gasteiger partial charge in [0.05, 0.1) is 47.2 Å². The fraction of sp³-hybridized carbons (Fsp3) is 0.360. The summed E-state index contributed by atoms with van der Waals surface area (Å²) in [5, 5.41) is 0. The molecule has 0 unspecified atom stereocenters. The maximum Gasteiger partial charge on any atom is 0.261 e. The predicted octanol–water partition coefficient (Wildman–Crippen LogP) is 4.07. The number of halogens is 1. The van der Waals surface area contributed by atoms with Crippen molar-refractivity contribution in [3.05, 3.63) is 53.7 Å². The first-order valence-electron chi connectivity index (χ1n) is 12.4. The number of ether oxygens (including phenoxy) is 6. The van der Waals surface area contributed by atoms with E-state index in [1.807, 2.05) is 12.1 Å². The Balaban J connectivity index is 2.06. The molecule has 0 N–H and O–H groups in total. The topological polar surface area (TPSA) is 84.4 Å². The molecule has 10 heteroatoms. The normalized spacial score (nSPS) is 13.0. The van der Waals surface area contributed by atoms with Crippen LogP contribution in [-0.4, -0.2) is 58.7 Å². The predicted molar refractivity (Wildman–Crippen MR) is 129 cm³/mol. The first kappa shape index (κ1) is 20.4. The van der Waals surface area contributed by atoms with E-state index in [0.717, 1.165) is 17.3 Å². The second kappa shape index (κ2) is 12.5. The van der Waals surface area contributed by atoms with Gasteiger partial charge >= 0.3 is 0 Å². The van der Waals surface area contributed by atoms with Gasteiger partial charge in [-0.2, -0.15) is 4.98 Å². The summed E-state index contributed by atoms with van der Waals surface area (Å²) in [5.41, 5.74) is 1.55. The number of rotatable bonds is 13. The van der Waals surface area contributed by atoms with Gasteiger partial charge in [0, 0.05) is 36.3 Å². The van der Waals surface area contributed by atoms with Crippen molar-refractivity contribution < 1.29 is 38.3 Å².